The first-order chi connectivity index (χ1) is 8.49. The van der Waals surface area contributed by atoms with Gasteiger partial charge in [0.15, 0.2) is 10.0 Å². The minimum atomic E-state index is -4.56. The lowest BCUT2D eigenvalue weighted by Gasteiger charge is -2.08. The zero-order chi connectivity index (χ0) is 13.2. The second-order valence-corrected chi connectivity index (χ2v) is 4.91. The summed E-state index contributed by atoms with van der Waals surface area (Å²) in [6, 6.07) is 0.826. The minimum Gasteiger partial charge on any atom is -0.292 e. The molecule has 0 aromatic carbocycles. The molecule has 2 aromatic rings. The van der Waals surface area contributed by atoms with Crippen LogP contribution < -0.4 is 11.3 Å². The van der Waals surface area contributed by atoms with Gasteiger partial charge in [0.05, 0.1) is 0 Å². The summed E-state index contributed by atoms with van der Waals surface area (Å²) in [5, 5.41) is 0.0852. The summed E-state index contributed by atoms with van der Waals surface area (Å²) >= 11 is 2.01. The lowest BCUT2D eigenvalue weighted by atomic mass is 10.4. The maximum absolute atomic E-state index is 12.6. The van der Waals surface area contributed by atoms with E-state index in [0.29, 0.717) is 4.34 Å². The molecule has 0 radical (unpaired) electrons. The molecule has 0 unspecified atom stereocenters. The Morgan fingerprint density at radius 1 is 1.33 bits per heavy atom. The van der Waals surface area contributed by atoms with Crippen molar-refractivity contribution in [2.45, 2.75) is 15.5 Å². The van der Waals surface area contributed by atoms with Gasteiger partial charge in [-0.05, 0) is 23.3 Å². The Labute approximate surface area is 107 Å². The molecule has 0 aliphatic heterocycles. The van der Waals surface area contributed by atoms with E-state index in [1.807, 2.05) is 5.43 Å². The van der Waals surface area contributed by atoms with Gasteiger partial charge in [0.25, 0.3) is 0 Å². The summed E-state index contributed by atoms with van der Waals surface area (Å²) in [6.45, 7) is 0. The van der Waals surface area contributed by atoms with Gasteiger partial charge in [-0.15, -0.1) is 0 Å². The van der Waals surface area contributed by atoms with Crippen molar-refractivity contribution in [3.63, 3.8) is 0 Å². The van der Waals surface area contributed by atoms with E-state index < -0.39 is 11.9 Å². The van der Waals surface area contributed by atoms with E-state index in [4.69, 9.17) is 5.84 Å². The Kier molecular flexibility index (Phi) is 3.63. The zero-order valence-corrected chi connectivity index (χ0v) is 10.1. The summed E-state index contributed by atoms with van der Waals surface area (Å²) in [7, 11) is 0. The molecule has 0 atom stereocenters. The Bertz CT molecular complexity index is 528. The Balaban J connectivity index is 2.35. The maximum atomic E-state index is 12.6. The highest BCUT2D eigenvalue weighted by molar-refractivity contribution is 8.00. The molecule has 11 heteroatoms. The number of nitrogens with two attached hydrogens (primary N) is 1. The van der Waals surface area contributed by atoms with Gasteiger partial charge in [0.1, 0.15) is 11.4 Å². The fraction of sp³-hybridized carbons (Fsp3) is 0.143. The number of hydrogen-bond donors (Lipinski definition) is 2. The van der Waals surface area contributed by atoms with Gasteiger partial charge in [0.2, 0.25) is 5.95 Å². The number of hydrogen-bond acceptors (Lipinski definition) is 8. The molecule has 96 valence electrons. The molecular weight excluding hydrogens is 289 g/mol. The van der Waals surface area contributed by atoms with Crippen LogP contribution in [0.3, 0.4) is 0 Å². The van der Waals surface area contributed by atoms with Crippen molar-refractivity contribution < 1.29 is 13.2 Å². The first-order valence-corrected chi connectivity index (χ1v) is 5.95. The zero-order valence-electron chi connectivity index (χ0n) is 8.47. The van der Waals surface area contributed by atoms with E-state index in [0.717, 1.165) is 29.4 Å². The van der Waals surface area contributed by atoms with E-state index in [9.17, 15) is 13.2 Å². The average molecular weight is 294 g/mol. The van der Waals surface area contributed by atoms with Crippen molar-refractivity contribution in [1.82, 2.24) is 19.3 Å². The molecule has 0 saturated carbocycles. The van der Waals surface area contributed by atoms with Crippen LogP contribution in [-0.4, -0.2) is 19.3 Å². The average Bonchev–Trinajstić information content (AvgIpc) is 2.80. The highest BCUT2D eigenvalue weighted by Crippen LogP contribution is 2.33. The van der Waals surface area contributed by atoms with Crippen molar-refractivity contribution in [2.24, 2.45) is 5.84 Å². The number of anilines is 1. The second-order valence-electron chi connectivity index (χ2n) is 2.87. The van der Waals surface area contributed by atoms with Crippen molar-refractivity contribution in [3.8, 4) is 0 Å². The van der Waals surface area contributed by atoms with Gasteiger partial charge in [-0.1, -0.05) is 0 Å². The highest BCUT2D eigenvalue weighted by Gasteiger charge is 2.33. The molecule has 0 aliphatic carbocycles. The number of aromatic nitrogens is 4. The Hall–Kier alpha value is -1.46. The first kappa shape index (κ1) is 13.0. The lowest BCUT2D eigenvalue weighted by Crippen LogP contribution is -2.15. The monoisotopic (exact) mass is 294 g/mol. The van der Waals surface area contributed by atoms with E-state index in [1.54, 1.807) is 0 Å². The van der Waals surface area contributed by atoms with Crippen molar-refractivity contribution in [3.05, 3.63) is 18.1 Å². The predicted octanol–water partition coefficient (Wildman–Crippen LogP) is 1.78. The summed E-state index contributed by atoms with van der Waals surface area (Å²) in [5.41, 5.74) is 0.919. The van der Waals surface area contributed by atoms with Gasteiger partial charge in [-0.2, -0.15) is 17.5 Å². The number of alkyl halides is 3. The van der Waals surface area contributed by atoms with Crippen LogP contribution in [0.25, 0.3) is 0 Å². The molecule has 2 heterocycles. The summed E-state index contributed by atoms with van der Waals surface area (Å²) in [6.07, 6.45) is -3.26. The van der Waals surface area contributed by atoms with Gasteiger partial charge >= 0.3 is 6.18 Å². The molecule has 0 bridgehead atoms. The number of nitrogens with zero attached hydrogens (tertiary/aromatic N) is 4. The van der Waals surface area contributed by atoms with Crippen LogP contribution >= 0.6 is 23.3 Å². The molecule has 6 nitrogen and oxygen atoms in total. The topological polar surface area (TPSA) is 89.6 Å². The Morgan fingerprint density at radius 3 is 2.67 bits per heavy atom. The molecular formula is C7H5F3N6S2. The summed E-state index contributed by atoms with van der Waals surface area (Å²) < 4.78 is 41.9. The van der Waals surface area contributed by atoms with E-state index >= 15 is 0 Å². The van der Waals surface area contributed by atoms with Crippen LogP contribution in [0.4, 0.5) is 19.1 Å². The molecule has 18 heavy (non-hydrogen) atoms. The number of rotatable bonds is 3. The van der Waals surface area contributed by atoms with Crippen LogP contribution in [-0.2, 0) is 6.18 Å². The molecule has 2 rings (SSSR count). The molecule has 2 aromatic heterocycles. The minimum absolute atomic E-state index is 0.0852. The number of halogens is 3. The molecule has 0 amide bonds. The van der Waals surface area contributed by atoms with Gasteiger partial charge in [-0.25, -0.2) is 20.8 Å². The van der Waals surface area contributed by atoms with Gasteiger partial charge in [0, 0.05) is 6.07 Å². The fourth-order valence-electron chi connectivity index (χ4n) is 0.984. The lowest BCUT2D eigenvalue weighted by molar-refractivity contribution is -0.141. The standard InChI is InChI=1S/C7H5F3N6S2/c8-7(9,10)3-1-4(15-5(14-3)16-11)17-6-12-2-13-18-6/h1-2H,11H2,(H,14,15,16). The smallest absolute Gasteiger partial charge is 0.292 e. The van der Waals surface area contributed by atoms with Crippen LogP contribution in [0.1, 0.15) is 5.69 Å². The number of nitrogens with one attached hydrogen (secondary N) is 1. The maximum Gasteiger partial charge on any atom is 0.433 e. The molecule has 0 fully saturated rings. The van der Waals surface area contributed by atoms with E-state index in [2.05, 4.69) is 19.3 Å². The van der Waals surface area contributed by atoms with Crippen molar-refractivity contribution >= 4 is 29.2 Å². The van der Waals surface area contributed by atoms with Gasteiger partial charge in [-0.3, -0.25) is 5.43 Å². The van der Waals surface area contributed by atoms with Crippen LogP contribution in [0.15, 0.2) is 21.8 Å². The summed E-state index contributed by atoms with van der Waals surface area (Å²) in [5.74, 6) is 4.72. The van der Waals surface area contributed by atoms with E-state index in [1.165, 1.54) is 6.33 Å². The highest BCUT2D eigenvalue weighted by atomic mass is 32.2. The fourth-order valence-corrected chi connectivity index (χ4v) is 2.38. The van der Waals surface area contributed by atoms with Crippen LogP contribution in [0, 0.1) is 0 Å². The van der Waals surface area contributed by atoms with Crippen molar-refractivity contribution in [1.29, 1.82) is 0 Å². The van der Waals surface area contributed by atoms with Crippen LogP contribution in [0.5, 0.6) is 0 Å². The number of nitrogen functional groups attached to an aromatic ring is 1. The van der Waals surface area contributed by atoms with Gasteiger partial charge < -0.3 is 0 Å². The summed E-state index contributed by atoms with van der Waals surface area (Å²) in [4.78, 5) is 10.9. The SMILES string of the molecule is NNc1nc(Sc2ncns2)cc(C(F)(F)F)n1. The van der Waals surface area contributed by atoms with Crippen molar-refractivity contribution in [2.75, 3.05) is 5.43 Å². The third-order valence-electron chi connectivity index (χ3n) is 1.66. The molecule has 3 N–H and O–H groups in total. The second kappa shape index (κ2) is 5.04. The van der Waals surface area contributed by atoms with E-state index in [-0.39, 0.29) is 11.0 Å². The molecule has 0 saturated heterocycles. The predicted molar refractivity (Wildman–Crippen MR) is 58.9 cm³/mol. The normalized spacial score (nSPS) is 11.6. The Morgan fingerprint density at radius 2 is 2.11 bits per heavy atom. The van der Waals surface area contributed by atoms with Crippen LogP contribution in [0.2, 0.25) is 0 Å². The third kappa shape index (κ3) is 3.05. The quantitative estimate of drug-likeness (QED) is 0.506. The largest absolute Gasteiger partial charge is 0.433 e. The number of hydrazine groups is 1. The third-order valence-corrected chi connectivity index (χ3v) is 3.29. The first-order valence-electron chi connectivity index (χ1n) is 4.36. The molecule has 0 spiro atoms. The molecule has 0 aliphatic rings.